The van der Waals surface area contributed by atoms with Gasteiger partial charge in [-0.1, -0.05) is 6.07 Å². The monoisotopic (exact) mass is 332 g/mol. The van der Waals surface area contributed by atoms with E-state index >= 15 is 0 Å². The Hall–Kier alpha value is -2.15. The molecule has 0 saturated carbocycles. The van der Waals surface area contributed by atoms with Crippen LogP contribution in [-0.2, 0) is 18.4 Å². The quantitative estimate of drug-likeness (QED) is 0.918. The number of rotatable bonds is 4. The maximum atomic E-state index is 12.4. The molecule has 1 saturated heterocycles. The van der Waals surface area contributed by atoms with Gasteiger partial charge in [-0.3, -0.25) is 9.59 Å². The lowest BCUT2D eigenvalue weighted by atomic mass is 9.97. The number of piperidine rings is 1. The summed E-state index contributed by atoms with van der Waals surface area (Å²) >= 11 is 1.64. The van der Waals surface area contributed by atoms with Gasteiger partial charge in [-0.05, 0) is 24.3 Å². The van der Waals surface area contributed by atoms with Crippen molar-refractivity contribution in [2.24, 2.45) is 13.0 Å². The van der Waals surface area contributed by atoms with Gasteiger partial charge in [0.2, 0.25) is 5.91 Å². The number of thiophene rings is 1. The van der Waals surface area contributed by atoms with Crippen molar-refractivity contribution in [1.29, 1.82) is 0 Å². The molecule has 1 N–H and O–H groups in total. The van der Waals surface area contributed by atoms with Crippen molar-refractivity contribution < 1.29 is 4.79 Å². The number of nitrogens with one attached hydrogen (secondary N) is 1. The molecule has 122 valence electrons. The lowest BCUT2D eigenvalue weighted by Crippen LogP contribution is -2.43. The van der Waals surface area contributed by atoms with Crippen LogP contribution in [0.1, 0.15) is 17.7 Å². The van der Waals surface area contributed by atoms with E-state index in [4.69, 9.17) is 0 Å². The van der Waals surface area contributed by atoms with Crippen LogP contribution >= 0.6 is 11.3 Å². The van der Waals surface area contributed by atoms with Gasteiger partial charge in [-0.25, -0.2) is 4.68 Å². The smallest absolute Gasteiger partial charge is 0.268 e. The first-order chi connectivity index (χ1) is 11.1. The van der Waals surface area contributed by atoms with Crippen molar-refractivity contribution in [3.05, 3.63) is 45.0 Å². The number of anilines is 1. The second-order valence-corrected chi connectivity index (χ2v) is 6.79. The highest BCUT2D eigenvalue weighted by Crippen LogP contribution is 2.22. The van der Waals surface area contributed by atoms with Crippen molar-refractivity contribution in [3.8, 4) is 0 Å². The molecule has 1 fully saturated rings. The molecule has 7 heteroatoms. The Balaban J connectivity index is 1.62. The van der Waals surface area contributed by atoms with Gasteiger partial charge >= 0.3 is 0 Å². The van der Waals surface area contributed by atoms with E-state index in [1.807, 2.05) is 17.5 Å². The second kappa shape index (κ2) is 6.95. The SMILES string of the molecule is Cn1ncc(N2CCC[C@H](C(=O)NCc3cccs3)C2)cc1=O. The molecule has 2 aromatic heterocycles. The van der Waals surface area contributed by atoms with Gasteiger partial charge in [-0.15, -0.1) is 11.3 Å². The van der Waals surface area contributed by atoms with Crippen LogP contribution < -0.4 is 15.8 Å². The van der Waals surface area contributed by atoms with Crippen LogP contribution in [-0.4, -0.2) is 28.8 Å². The van der Waals surface area contributed by atoms with Crippen LogP contribution in [0.15, 0.2) is 34.6 Å². The molecular formula is C16H20N4O2S. The van der Waals surface area contributed by atoms with Crippen LogP contribution in [0.3, 0.4) is 0 Å². The largest absolute Gasteiger partial charge is 0.369 e. The Labute approximate surface area is 138 Å². The number of amides is 1. The fraction of sp³-hybridized carbons (Fsp3) is 0.438. The summed E-state index contributed by atoms with van der Waals surface area (Å²) in [5, 5.41) is 9.07. The van der Waals surface area contributed by atoms with Crippen molar-refractivity contribution in [2.45, 2.75) is 19.4 Å². The molecule has 1 aliphatic heterocycles. The Kier molecular flexibility index (Phi) is 4.76. The first kappa shape index (κ1) is 15.7. The van der Waals surface area contributed by atoms with Crippen molar-refractivity contribution in [1.82, 2.24) is 15.1 Å². The topological polar surface area (TPSA) is 67.2 Å². The summed E-state index contributed by atoms with van der Waals surface area (Å²) in [4.78, 5) is 27.3. The molecule has 1 aliphatic rings. The fourth-order valence-electron chi connectivity index (χ4n) is 2.79. The van der Waals surface area contributed by atoms with Gasteiger partial charge in [0.25, 0.3) is 5.56 Å². The summed E-state index contributed by atoms with van der Waals surface area (Å²) in [6.07, 6.45) is 3.50. The summed E-state index contributed by atoms with van der Waals surface area (Å²) in [6.45, 7) is 2.06. The van der Waals surface area contributed by atoms with Crippen molar-refractivity contribution in [3.63, 3.8) is 0 Å². The lowest BCUT2D eigenvalue weighted by Gasteiger charge is -2.33. The molecule has 0 bridgehead atoms. The van der Waals surface area contributed by atoms with E-state index in [9.17, 15) is 9.59 Å². The Morgan fingerprint density at radius 3 is 3.13 bits per heavy atom. The maximum absolute atomic E-state index is 12.4. The van der Waals surface area contributed by atoms with Crippen LogP contribution in [0.5, 0.6) is 0 Å². The number of aryl methyl sites for hydroxylation is 1. The average Bonchev–Trinajstić information content (AvgIpc) is 3.09. The zero-order valence-corrected chi connectivity index (χ0v) is 13.9. The highest BCUT2D eigenvalue weighted by molar-refractivity contribution is 7.09. The predicted octanol–water partition coefficient (Wildman–Crippen LogP) is 1.37. The molecule has 3 heterocycles. The third-order valence-corrected chi connectivity index (χ3v) is 5.00. The van der Waals surface area contributed by atoms with Crippen LogP contribution in [0.2, 0.25) is 0 Å². The summed E-state index contributed by atoms with van der Waals surface area (Å²) in [7, 11) is 1.63. The number of carbonyl (C=O) groups excluding carboxylic acids is 1. The molecule has 0 radical (unpaired) electrons. The molecule has 0 aromatic carbocycles. The van der Waals surface area contributed by atoms with Gasteiger partial charge in [0.15, 0.2) is 0 Å². The third-order valence-electron chi connectivity index (χ3n) is 4.13. The van der Waals surface area contributed by atoms with Gasteiger partial charge in [0, 0.05) is 31.1 Å². The van der Waals surface area contributed by atoms with Gasteiger partial charge in [0.1, 0.15) is 0 Å². The third kappa shape index (κ3) is 3.79. The highest BCUT2D eigenvalue weighted by atomic mass is 32.1. The van der Waals surface area contributed by atoms with Crippen molar-refractivity contribution >= 4 is 22.9 Å². The van der Waals surface area contributed by atoms with E-state index in [0.717, 1.165) is 30.0 Å². The van der Waals surface area contributed by atoms with Crippen LogP contribution in [0.25, 0.3) is 0 Å². The van der Waals surface area contributed by atoms with E-state index < -0.39 is 0 Å². The zero-order valence-electron chi connectivity index (χ0n) is 13.1. The normalized spacial score (nSPS) is 18.0. The molecule has 3 rings (SSSR count). The second-order valence-electron chi connectivity index (χ2n) is 5.76. The number of hydrogen-bond acceptors (Lipinski definition) is 5. The van der Waals surface area contributed by atoms with Crippen molar-refractivity contribution in [2.75, 3.05) is 18.0 Å². The minimum atomic E-state index is -0.133. The van der Waals surface area contributed by atoms with E-state index in [2.05, 4.69) is 15.3 Å². The first-order valence-electron chi connectivity index (χ1n) is 7.72. The van der Waals surface area contributed by atoms with E-state index in [1.165, 1.54) is 4.68 Å². The molecule has 0 unspecified atom stereocenters. The Morgan fingerprint density at radius 2 is 2.39 bits per heavy atom. The number of aromatic nitrogens is 2. The maximum Gasteiger partial charge on any atom is 0.268 e. The number of nitrogens with zero attached hydrogens (tertiary/aromatic N) is 3. The van der Waals surface area contributed by atoms with E-state index in [-0.39, 0.29) is 17.4 Å². The molecule has 23 heavy (non-hydrogen) atoms. The molecule has 1 atom stereocenters. The zero-order chi connectivity index (χ0) is 16.2. The molecular weight excluding hydrogens is 312 g/mol. The summed E-state index contributed by atoms with van der Waals surface area (Å²) < 4.78 is 1.30. The highest BCUT2D eigenvalue weighted by Gasteiger charge is 2.26. The molecule has 0 aliphatic carbocycles. The van der Waals surface area contributed by atoms with Crippen LogP contribution in [0, 0.1) is 5.92 Å². The first-order valence-corrected chi connectivity index (χ1v) is 8.60. The van der Waals surface area contributed by atoms with Gasteiger partial charge in [-0.2, -0.15) is 5.10 Å². The number of carbonyl (C=O) groups is 1. The van der Waals surface area contributed by atoms with E-state index in [0.29, 0.717) is 13.1 Å². The number of hydrogen-bond donors (Lipinski definition) is 1. The van der Waals surface area contributed by atoms with E-state index in [1.54, 1.807) is 30.6 Å². The Bertz CT molecular complexity index is 726. The molecule has 6 nitrogen and oxygen atoms in total. The lowest BCUT2D eigenvalue weighted by molar-refractivity contribution is -0.125. The van der Waals surface area contributed by atoms with Gasteiger partial charge < -0.3 is 10.2 Å². The predicted molar refractivity (Wildman–Crippen MR) is 90.6 cm³/mol. The van der Waals surface area contributed by atoms with Crippen LogP contribution in [0.4, 0.5) is 5.69 Å². The minimum Gasteiger partial charge on any atom is -0.369 e. The van der Waals surface area contributed by atoms with Gasteiger partial charge in [0.05, 0.1) is 24.3 Å². The summed E-state index contributed by atoms with van der Waals surface area (Å²) in [5.41, 5.74) is 0.663. The molecule has 2 aromatic rings. The summed E-state index contributed by atoms with van der Waals surface area (Å²) in [5.74, 6) is 0.0349. The molecule has 0 spiro atoms. The Morgan fingerprint density at radius 1 is 1.52 bits per heavy atom. The molecule has 1 amide bonds. The average molecular weight is 332 g/mol. The fourth-order valence-corrected chi connectivity index (χ4v) is 3.43. The minimum absolute atomic E-state index is 0.0484. The summed E-state index contributed by atoms with van der Waals surface area (Å²) in [6, 6.07) is 5.58. The standard InChI is InChI=1S/C16H20N4O2S/c1-19-15(21)8-13(9-18-19)20-6-2-4-12(11-20)16(22)17-10-14-5-3-7-23-14/h3,5,7-9,12H,2,4,6,10-11H2,1H3,(H,17,22)/t12-/m0/s1.